The van der Waals surface area contributed by atoms with E-state index < -0.39 is 0 Å². The Morgan fingerprint density at radius 3 is 2.31 bits per heavy atom. The SMILES string of the molecule is CN1CCN(n2ccc(=O)n(C)c2=O)CC1. The molecule has 0 bridgehead atoms. The zero-order valence-corrected chi connectivity index (χ0v) is 9.59. The summed E-state index contributed by atoms with van der Waals surface area (Å²) in [5, 5.41) is 1.96. The van der Waals surface area contributed by atoms with Crippen LogP contribution in [0.1, 0.15) is 0 Å². The monoisotopic (exact) mass is 224 g/mol. The van der Waals surface area contributed by atoms with E-state index in [0.717, 1.165) is 30.7 Å². The van der Waals surface area contributed by atoms with Gasteiger partial charge in [-0.3, -0.25) is 9.36 Å². The van der Waals surface area contributed by atoms with Gasteiger partial charge in [-0.25, -0.2) is 9.47 Å². The van der Waals surface area contributed by atoms with E-state index >= 15 is 0 Å². The van der Waals surface area contributed by atoms with E-state index in [1.54, 1.807) is 6.20 Å². The maximum Gasteiger partial charge on any atom is 0.349 e. The Bertz CT molecular complexity index is 482. The predicted molar refractivity (Wildman–Crippen MR) is 61.4 cm³/mol. The second kappa shape index (κ2) is 4.13. The highest BCUT2D eigenvalue weighted by molar-refractivity contribution is 4.95. The van der Waals surface area contributed by atoms with Gasteiger partial charge in [-0.05, 0) is 7.05 Å². The highest BCUT2D eigenvalue weighted by Gasteiger charge is 2.15. The maximum atomic E-state index is 11.8. The fraction of sp³-hybridized carbons (Fsp3) is 0.600. The van der Waals surface area contributed by atoms with Crippen LogP contribution in [-0.2, 0) is 7.05 Å². The first-order chi connectivity index (χ1) is 7.59. The summed E-state index contributed by atoms with van der Waals surface area (Å²) in [5.74, 6) is 0. The largest absolute Gasteiger partial charge is 0.349 e. The van der Waals surface area contributed by atoms with Crippen molar-refractivity contribution in [2.45, 2.75) is 0 Å². The van der Waals surface area contributed by atoms with Gasteiger partial charge >= 0.3 is 5.69 Å². The fourth-order valence-corrected chi connectivity index (χ4v) is 1.78. The third-order valence-electron chi connectivity index (χ3n) is 2.96. The minimum atomic E-state index is -0.281. The van der Waals surface area contributed by atoms with Crippen molar-refractivity contribution in [3.8, 4) is 0 Å². The molecule has 0 unspecified atom stereocenters. The lowest BCUT2D eigenvalue weighted by Gasteiger charge is -2.34. The molecule has 1 aromatic rings. The lowest BCUT2D eigenvalue weighted by atomic mass is 10.4. The van der Waals surface area contributed by atoms with Crippen LogP contribution in [0.4, 0.5) is 0 Å². The number of nitrogens with zero attached hydrogens (tertiary/aromatic N) is 4. The summed E-state index contributed by atoms with van der Waals surface area (Å²) in [6.45, 7) is 3.45. The molecule has 1 aliphatic heterocycles. The minimum Gasteiger partial charge on any atom is -0.306 e. The van der Waals surface area contributed by atoms with Gasteiger partial charge in [0.15, 0.2) is 0 Å². The smallest absolute Gasteiger partial charge is 0.306 e. The topological polar surface area (TPSA) is 50.5 Å². The summed E-state index contributed by atoms with van der Waals surface area (Å²) in [6, 6.07) is 1.42. The van der Waals surface area contributed by atoms with Crippen LogP contribution in [0.15, 0.2) is 21.9 Å². The first-order valence-corrected chi connectivity index (χ1v) is 5.32. The van der Waals surface area contributed by atoms with Gasteiger partial charge in [0.05, 0.1) is 0 Å². The molecule has 1 saturated heterocycles. The first kappa shape index (κ1) is 10.9. The number of rotatable bonds is 1. The van der Waals surface area contributed by atoms with Crippen molar-refractivity contribution in [1.82, 2.24) is 14.1 Å². The van der Waals surface area contributed by atoms with Gasteiger partial charge in [0.25, 0.3) is 5.56 Å². The molecule has 16 heavy (non-hydrogen) atoms. The summed E-state index contributed by atoms with van der Waals surface area (Å²) < 4.78 is 2.65. The van der Waals surface area contributed by atoms with Crippen LogP contribution < -0.4 is 16.3 Å². The van der Waals surface area contributed by atoms with E-state index in [0.29, 0.717) is 0 Å². The standard InChI is InChI=1S/C10H16N4O2/c1-11-5-7-13(8-6-11)14-4-3-9(15)12(2)10(14)16/h3-4H,5-8H2,1-2H3. The molecule has 6 heteroatoms. The van der Waals surface area contributed by atoms with Gasteiger partial charge in [-0.2, -0.15) is 0 Å². The number of hydrogen-bond donors (Lipinski definition) is 0. The summed E-state index contributed by atoms with van der Waals surface area (Å²) >= 11 is 0. The third-order valence-corrected chi connectivity index (χ3v) is 2.96. The molecular formula is C10H16N4O2. The zero-order chi connectivity index (χ0) is 11.7. The Balaban J connectivity index is 2.31. The van der Waals surface area contributed by atoms with E-state index in [1.165, 1.54) is 17.8 Å². The first-order valence-electron chi connectivity index (χ1n) is 5.32. The molecule has 0 spiro atoms. The van der Waals surface area contributed by atoms with Crippen LogP contribution in [0.3, 0.4) is 0 Å². The molecule has 0 N–H and O–H groups in total. The van der Waals surface area contributed by atoms with Gasteiger partial charge in [0.2, 0.25) is 0 Å². The predicted octanol–water partition coefficient (Wildman–Crippen LogP) is -1.57. The molecule has 2 rings (SSSR count). The number of aromatic nitrogens is 2. The molecule has 0 aromatic carbocycles. The van der Waals surface area contributed by atoms with Crippen LogP contribution in [0, 0.1) is 0 Å². The molecule has 2 heterocycles. The average Bonchev–Trinajstić information content (AvgIpc) is 2.28. The molecule has 1 fully saturated rings. The molecule has 1 aromatic heterocycles. The van der Waals surface area contributed by atoms with Gasteiger partial charge in [0, 0.05) is 45.5 Å². The second-order valence-electron chi connectivity index (χ2n) is 4.10. The molecule has 88 valence electrons. The molecule has 0 atom stereocenters. The summed E-state index contributed by atoms with van der Waals surface area (Å²) in [4.78, 5) is 25.3. The Morgan fingerprint density at radius 2 is 1.69 bits per heavy atom. The summed E-state index contributed by atoms with van der Waals surface area (Å²) in [7, 11) is 3.55. The van der Waals surface area contributed by atoms with E-state index in [-0.39, 0.29) is 11.2 Å². The maximum absolute atomic E-state index is 11.8. The van der Waals surface area contributed by atoms with Crippen molar-refractivity contribution in [3.05, 3.63) is 33.1 Å². The molecular weight excluding hydrogens is 208 g/mol. The number of hydrogen-bond acceptors (Lipinski definition) is 4. The van der Waals surface area contributed by atoms with Gasteiger partial charge in [-0.1, -0.05) is 0 Å². The lowest BCUT2D eigenvalue weighted by molar-refractivity contribution is 0.283. The number of piperazine rings is 1. The second-order valence-corrected chi connectivity index (χ2v) is 4.10. The highest BCUT2D eigenvalue weighted by Crippen LogP contribution is 1.96. The van der Waals surface area contributed by atoms with Crippen LogP contribution in [-0.4, -0.2) is 47.4 Å². The van der Waals surface area contributed by atoms with Crippen LogP contribution in [0.25, 0.3) is 0 Å². The van der Waals surface area contributed by atoms with E-state index in [2.05, 4.69) is 11.9 Å². The van der Waals surface area contributed by atoms with Crippen LogP contribution in [0.2, 0.25) is 0 Å². The quantitative estimate of drug-likeness (QED) is 0.578. The van der Waals surface area contributed by atoms with Gasteiger partial charge in [-0.15, -0.1) is 0 Å². The Hall–Kier alpha value is -1.56. The van der Waals surface area contributed by atoms with Gasteiger partial charge < -0.3 is 9.91 Å². The van der Waals surface area contributed by atoms with E-state index in [9.17, 15) is 9.59 Å². The molecule has 0 aliphatic carbocycles. The van der Waals surface area contributed by atoms with Crippen molar-refractivity contribution >= 4 is 0 Å². The Labute approximate surface area is 93.3 Å². The Morgan fingerprint density at radius 1 is 1.06 bits per heavy atom. The van der Waals surface area contributed by atoms with Gasteiger partial charge in [0.1, 0.15) is 0 Å². The van der Waals surface area contributed by atoms with E-state index in [1.807, 2.05) is 5.01 Å². The molecule has 0 saturated carbocycles. The highest BCUT2D eigenvalue weighted by atomic mass is 16.2. The fourth-order valence-electron chi connectivity index (χ4n) is 1.78. The normalized spacial score (nSPS) is 17.8. The van der Waals surface area contributed by atoms with Crippen LogP contribution >= 0.6 is 0 Å². The molecule has 0 amide bonds. The minimum absolute atomic E-state index is 0.268. The lowest BCUT2D eigenvalue weighted by Crippen LogP contribution is -2.55. The summed E-state index contributed by atoms with van der Waals surface area (Å²) in [6.07, 6.45) is 1.55. The van der Waals surface area contributed by atoms with Crippen molar-refractivity contribution in [2.75, 3.05) is 38.2 Å². The van der Waals surface area contributed by atoms with Crippen LogP contribution in [0.5, 0.6) is 0 Å². The van der Waals surface area contributed by atoms with Crippen molar-refractivity contribution in [1.29, 1.82) is 0 Å². The summed E-state index contributed by atoms with van der Waals surface area (Å²) in [5.41, 5.74) is -0.549. The zero-order valence-electron chi connectivity index (χ0n) is 9.59. The van der Waals surface area contributed by atoms with Crippen molar-refractivity contribution in [3.63, 3.8) is 0 Å². The van der Waals surface area contributed by atoms with E-state index in [4.69, 9.17) is 0 Å². The molecule has 0 radical (unpaired) electrons. The van der Waals surface area contributed by atoms with Crippen molar-refractivity contribution < 1.29 is 0 Å². The molecule has 1 aliphatic rings. The number of likely N-dealkylation sites (N-methyl/N-ethyl adjacent to an activating group) is 1. The Kier molecular flexibility index (Phi) is 2.82. The van der Waals surface area contributed by atoms with Crippen molar-refractivity contribution in [2.24, 2.45) is 7.05 Å². The molecule has 6 nitrogen and oxygen atoms in total. The third kappa shape index (κ3) is 1.88. The average molecular weight is 224 g/mol.